The van der Waals surface area contributed by atoms with Crippen LogP contribution in [-0.2, 0) is 4.79 Å². The Balaban J connectivity index is 0.00000200. The second-order valence-electron chi connectivity index (χ2n) is 6.85. The van der Waals surface area contributed by atoms with Gasteiger partial charge in [0.15, 0.2) is 0 Å². The molecule has 1 aliphatic heterocycles. The molecule has 1 saturated heterocycles. The van der Waals surface area contributed by atoms with E-state index in [4.69, 9.17) is 0 Å². The van der Waals surface area contributed by atoms with Crippen LogP contribution in [-0.4, -0.2) is 25.5 Å². The second-order valence-corrected chi connectivity index (χ2v) is 6.85. The van der Waals surface area contributed by atoms with Gasteiger partial charge in [-0.3, -0.25) is 4.79 Å². The molecular formula is C16H31ClN2O. The van der Waals surface area contributed by atoms with Crippen molar-refractivity contribution in [2.45, 2.75) is 64.7 Å². The Bertz CT molecular complexity index is 282. The summed E-state index contributed by atoms with van der Waals surface area (Å²) in [5.74, 6) is 0.592. The van der Waals surface area contributed by atoms with Gasteiger partial charge in [-0.2, -0.15) is 0 Å². The molecule has 0 bridgehead atoms. The lowest BCUT2D eigenvalue weighted by Gasteiger charge is -2.34. The van der Waals surface area contributed by atoms with Crippen LogP contribution in [0.25, 0.3) is 0 Å². The molecule has 3 nitrogen and oxygen atoms in total. The van der Waals surface area contributed by atoms with E-state index in [1.54, 1.807) is 0 Å². The van der Waals surface area contributed by atoms with Crippen LogP contribution < -0.4 is 10.6 Å². The summed E-state index contributed by atoms with van der Waals surface area (Å²) >= 11 is 0. The fraction of sp³-hybridized carbons (Fsp3) is 0.938. The molecule has 118 valence electrons. The first kappa shape index (κ1) is 17.8. The topological polar surface area (TPSA) is 41.1 Å². The molecule has 1 saturated carbocycles. The molecule has 1 aliphatic carbocycles. The molecular weight excluding hydrogens is 272 g/mol. The van der Waals surface area contributed by atoms with Crippen molar-refractivity contribution in [1.29, 1.82) is 0 Å². The molecule has 20 heavy (non-hydrogen) atoms. The molecule has 2 N–H and O–H groups in total. The van der Waals surface area contributed by atoms with Crippen molar-refractivity contribution in [2.24, 2.45) is 11.3 Å². The minimum Gasteiger partial charge on any atom is -0.355 e. The van der Waals surface area contributed by atoms with Gasteiger partial charge in [0.25, 0.3) is 0 Å². The lowest BCUT2D eigenvalue weighted by Crippen LogP contribution is -2.46. The molecule has 1 atom stereocenters. The first-order chi connectivity index (χ1) is 9.20. The van der Waals surface area contributed by atoms with E-state index in [-0.39, 0.29) is 23.7 Å². The third-order valence-electron chi connectivity index (χ3n) is 4.85. The SMILES string of the molecule is CC1(CNC(=O)C2CCCCCCC2)CCCNC1.Cl. The Hall–Kier alpha value is -0.280. The summed E-state index contributed by atoms with van der Waals surface area (Å²) in [7, 11) is 0. The van der Waals surface area contributed by atoms with Crippen molar-refractivity contribution >= 4 is 18.3 Å². The first-order valence-corrected chi connectivity index (χ1v) is 8.18. The van der Waals surface area contributed by atoms with Crippen LogP contribution in [0.3, 0.4) is 0 Å². The highest BCUT2D eigenvalue weighted by Gasteiger charge is 2.28. The Morgan fingerprint density at radius 3 is 2.40 bits per heavy atom. The number of hydrogen-bond donors (Lipinski definition) is 2. The van der Waals surface area contributed by atoms with E-state index in [2.05, 4.69) is 17.6 Å². The number of amides is 1. The monoisotopic (exact) mass is 302 g/mol. The maximum Gasteiger partial charge on any atom is 0.223 e. The van der Waals surface area contributed by atoms with Crippen molar-refractivity contribution in [2.75, 3.05) is 19.6 Å². The molecule has 0 aromatic heterocycles. The van der Waals surface area contributed by atoms with Gasteiger partial charge in [-0.05, 0) is 37.6 Å². The summed E-state index contributed by atoms with van der Waals surface area (Å²) in [6.45, 7) is 5.30. The van der Waals surface area contributed by atoms with Gasteiger partial charge < -0.3 is 10.6 Å². The number of rotatable bonds is 3. The van der Waals surface area contributed by atoms with E-state index in [0.29, 0.717) is 5.91 Å². The molecule has 4 heteroatoms. The highest BCUT2D eigenvalue weighted by atomic mass is 35.5. The van der Waals surface area contributed by atoms with E-state index < -0.39 is 0 Å². The van der Waals surface area contributed by atoms with Crippen LogP contribution in [0.2, 0.25) is 0 Å². The Labute approximate surface area is 130 Å². The summed E-state index contributed by atoms with van der Waals surface area (Å²) in [6.07, 6.45) is 11.1. The predicted octanol–water partition coefficient (Wildman–Crippen LogP) is 3.27. The van der Waals surface area contributed by atoms with Gasteiger partial charge in [-0.25, -0.2) is 0 Å². The fourth-order valence-electron chi connectivity index (χ4n) is 3.43. The first-order valence-electron chi connectivity index (χ1n) is 8.18. The van der Waals surface area contributed by atoms with E-state index >= 15 is 0 Å². The third-order valence-corrected chi connectivity index (χ3v) is 4.85. The van der Waals surface area contributed by atoms with Gasteiger partial charge in [-0.1, -0.05) is 39.0 Å². The van der Waals surface area contributed by atoms with E-state index in [9.17, 15) is 4.79 Å². The number of nitrogens with one attached hydrogen (secondary N) is 2. The predicted molar refractivity (Wildman–Crippen MR) is 86.3 cm³/mol. The standard InChI is InChI=1S/C16H30N2O.ClH/c1-16(10-7-11-17-12-16)13-18-15(19)14-8-5-3-2-4-6-9-14;/h14,17H,2-13H2,1H3,(H,18,19);1H. The Morgan fingerprint density at radius 2 is 1.80 bits per heavy atom. The van der Waals surface area contributed by atoms with Crippen LogP contribution in [0, 0.1) is 11.3 Å². The maximum absolute atomic E-state index is 12.3. The molecule has 2 fully saturated rings. The summed E-state index contributed by atoms with van der Waals surface area (Å²) in [5.41, 5.74) is 0.259. The lowest BCUT2D eigenvalue weighted by atomic mass is 9.82. The summed E-state index contributed by atoms with van der Waals surface area (Å²) < 4.78 is 0. The Kier molecular flexibility index (Phi) is 7.90. The molecule has 0 spiro atoms. The molecule has 0 aromatic carbocycles. The van der Waals surface area contributed by atoms with Crippen molar-refractivity contribution in [1.82, 2.24) is 10.6 Å². The van der Waals surface area contributed by atoms with E-state index in [1.807, 2.05) is 0 Å². The third kappa shape index (κ3) is 5.61. The zero-order valence-corrected chi connectivity index (χ0v) is 13.7. The maximum atomic E-state index is 12.3. The van der Waals surface area contributed by atoms with Gasteiger partial charge in [0.05, 0.1) is 0 Å². The van der Waals surface area contributed by atoms with Gasteiger partial charge in [0, 0.05) is 19.0 Å². The average Bonchev–Trinajstić information content (AvgIpc) is 2.37. The molecule has 1 amide bonds. The van der Waals surface area contributed by atoms with Crippen molar-refractivity contribution < 1.29 is 4.79 Å². The average molecular weight is 303 g/mol. The molecule has 0 aromatic rings. The summed E-state index contributed by atoms with van der Waals surface area (Å²) in [5, 5.41) is 6.68. The van der Waals surface area contributed by atoms with Crippen LogP contribution in [0.4, 0.5) is 0 Å². The summed E-state index contributed by atoms with van der Waals surface area (Å²) in [4.78, 5) is 12.3. The summed E-state index contributed by atoms with van der Waals surface area (Å²) in [6, 6.07) is 0. The minimum atomic E-state index is 0. The number of hydrogen-bond acceptors (Lipinski definition) is 2. The van der Waals surface area contributed by atoms with Crippen LogP contribution in [0.1, 0.15) is 64.7 Å². The second kappa shape index (κ2) is 8.89. The number of piperidine rings is 1. The largest absolute Gasteiger partial charge is 0.355 e. The number of carbonyl (C=O) groups is 1. The zero-order valence-electron chi connectivity index (χ0n) is 12.9. The van der Waals surface area contributed by atoms with Gasteiger partial charge in [0.1, 0.15) is 0 Å². The Morgan fingerprint density at radius 1 is 1.15 bits per heavy atom. The van der Waals surface area contributed by atoms with Crippen molar-refractivity contribution in [3.05, 3.63) is 0 Å². The lowest BCUT2D eigenvalue weighted by molar-refractivity contribution is -0.126. The highest BCUT2D eigenvalue weighted by Crippen LogP contribution is 2.26. The van der Waals surface area contributed by atoms with Crippen LogP contribution in [0.15, 0.2) is 0 Å². The van der Waals surface area contributed by atoms with Gasteiger partial charge in [-0.15, -0.1) is 12.4 Å². The minimum absolute atomic E-state index is 0. The van der Waals surface area contributed by atoms with Crippen LogP contribution >= 0.6 is 12.4 Å². The van der Waals surface area contributed by atoms with E-state index in [1.165, 1.54) is 44.9 Å². The fourth-order valence-corrected chi connectivity index (χ4v) is 3.43. The smallest absolute Gasteiger partial charge is 0.223 e. The van der Waals surface area contributed by atoms with Gasteiger partial charge >= 0.3 is 0 Å². The molecule has 2 rings (SSSR count). The van der Waals surface area contributed by atoms with Crippen molar-refractivity contribution in [3.8, 4) is 0 Å². The molecule has 2 aliphatic rings. The number of halogens is 1. The molecule has 0 radical (unpaired) electrons. The van der Waals surface area contributed by atoms with Gasteiger partial charge in [0.2, 0.25) is 5.91 Å². The molecule has 1 heterocycles. The zero-order chi connectivity index (χ0) is 13.6. The van der Waals surface area contributed by atoms with E-state index in [0.717, 1.165) is 32.5 Å². The highest BCUT2D eigenvalue weighted by molar-refractivity contribution is 5.85. The normalized spacial score (nSPS) is 28.9. The number of carbonyl (C=O) groups excluding carboxylic acids is 1. The van der Waals surface area contributed by atoms with Crippen LogP contribution in [0.5, 0.6) is 0 Å². The quantitative estimate of drug-likeness (QED) is 0.840. The van der Waals surface area contributed by atoms with Crippen molar-refractivity contribution in [3.63, 3.8) is 0 Å². The molecule has 1 unspecified atom stereocenters.